The van der Waals surface area contributed by atoms with Crippen LogP contribution in [0.5, 0.6) is 11.5 Å². The number of nitro benzene ring substituents is 1. The van der Waals surface area contributed by atoms with Gasteiger partial charge in [0.1, 0.15) is 23.6 Å². The van der Waals surface area contributed by atoms with Gasteiger partial charge in [0.15, 0.2) is 6.79 Å². The molecule has 2 aliphatic rings. The minimum Gasteiger partial charge on any atom is -0.484 e. The molecule has 20 heavy (non-hydrogen) atoms. The van der Waals surface area contributed by atoms with E-state index in [4.69, 9.17) is 18.9 Å². The number of ether oxygens (including phenoxy) is 4. The maximum atomic E-state index is 11.1. The van der Waals surface area contributed by atoms with Gasteiger partial charge in [0.2, 0.25) is 5.75 Å². The first-order valence-corrected chi connectivity index (χ1v) is 6.22. The van der Waals surface area contributed by atoms with Crippen LogP contribution < -0.4 is 9.47 Å². The highest BCUT2D eigenvalue weighted by molar-refractivity contribution is 5.57. The van der Waals surface area contributed by atoms with Gasteiger partial charge in [0, 0.05) is 24.8 Å². The van der Waals surface area contributed by atoms with Crippen molar-refractivity contribution in [3.8, 4) is 11.5 Å². The highest BCUT2D eigenvalue weighted by Crippen LogP contribution is 2.55. The summed E-state index contributed by atoms with van der Waals surface area (Å²) in [5.41, 5.74) is 0.135. The number of rotatable bonds is 4. The lowest BCUT2D eigenvalue weighted by molar-refractivity contribution is -0.386. The van der Waals surface area contributed by atoms with Crippen molar-refractivity contribution in [2.45, 2.75) is 31.7 Å². The molecule has 108 valence electrons. The van der Waals surface area contributed by atoms with Crippen LogP contribution in [0.4, 0.5) is 5.69 Å². The molecule has 0 aliphatic carbocycles. The van der Waals surface area contributed by atoms with Gasteiger partial charge in [0.25, 0.3) is 0 Å². The van der Waals surface area contributed by atoms with Gasteiger partial charge in [-0.3, -0.25) is 10.1 Å². The fourth-order valence-corrected chi connectivity index (χ4v) is 2.48. The van der Waals surface area contributed by atoms with Crippen molar-refractivity contribution in [3.05, 3.63) is 27.8 Å². The Labute approximate surface area is 115 Å². The van der Waals surface area contributed by atoms with Crippen LogP contribution in [0.25, 0.3) is 0 Å². The number of methoxy groups -OCH3 is 1. The van der Waals surface area contributed by atoms with Crippen LogP contribution in [0.15, 0.2) is 12.1 Å². The molecule has 2 heterocycles. The highest BCUT2D eigenvalue weighted by atomic mass is 16.7. The number of nitro groups is 1. The van der Waals surface area contributed by atoms with Crippen LogP contribution in [0.1, 0.15) is 25.5 Å². The molecule has 2 aliphatic heterocycles. The van der Waals surface area contributed by atoms with E-state index < -0.39 is 10.5 Å². The highest BCUT2D eigenvalue weighted by Gasteiger charge is 2.57. The summed E-state index contributed by atoms with van der Waals surface area (Å²) in [6, 6.07) is 2.99. The van der Waals surface area contributed by atoms with Gasteiger partial charge >= 0.3 is 5.69 Å². The number of benzene rings is 1. The summed E-state index contributed by atoms with van der Waals surface area (Å²) < 4.78 is 21.5. The smallest absolute Gasteiger partial charge is 0.311 e. The molecule has 0 bridgehead atoms. The van der Waals surface area contributed by atoms with E-state index in [-0.39, 0.29) is 30.4 Å². The van der Waals surface area contributed by atoms with Crippen molar-refractivity contribution in [1.29, 1.82) is 0 Å². The minimum atomic E-state index is -0.484. The van der Waals surface area contributed by atoms with Gasteiger partial charge in [-0.05, 0) is 13.8 Å². The van der Waals surface area contributed by atoms with Gasteiger partial charge in [-0.2, -0.15) is 0 Å². The number of hydrogen-bond acceptors (Lipinski definition) is 6. The van der Waals surface area contributed by atoms with Gasteiger partial charge in [-0.1, -0.05) is 0 Å². The quantitative estimate of drug-likeness (QED) is 0.364. The fraction of sp³-hybridized carbons (Fsp3) is 0.538. The summed E-state index contributed by atoms with van der Waals surface area (Å²) in [7, 11) is 1.45. The summed E-state index contributed by atoms with van der Waals surface area (Å²) in [6.07, 6.45) is -0.190. The van der Waals surface area contributed by atoms with Gasteiger partial charge in [-0.25, -0.2) is 0 Å². The summed E-state index contributed by atoms with van der Waals surface area (Å²) in [4.78, 5) is 10.6. The molecular weight excluding hydrogens is 266 g/mol. The second-order valence-electron chi connectivity index (χ2n) is 5.35. The number of fused-ring (bicyclic) bond motifs is 3. The molecule has 3 rings (SSSR count). The molecule has 0 aromatic heterocycles. The van der Waals surface area contributed by atoms with E-state index in [0.717, 1.165) is 0 Å². The first kappa shape index (κ1) is 13.1. The maximum Gasteiger partial charge on any atom is 0.311 e. The zero-order valence-electron chi connectivity index (χ0n) is 11.4. The van der Waals surface area contributed by atoms with Gasteiger partial charge in [-0.15, -0.1) is 0 Å². The van der Waals surface area contributed by atoms with E-state index in [2.05, 4.69) is 0 Å². The predicted molar refractivity (Wildman–Crippen MR) is 67.9 cm³/mol. The first-order valence-electron chi connectivity index (χ1n) is 6.22. The molecule has 1 aromatic rings. The van der Waals surface area contributed by atoms with Crippen molar-refractivity contribution in [3.63, 3.8) is 0 Å². The Balaban J connectivity index is 2.03. The molecule has 1 saturated heterocycles. The molecule has 1 fully saturated rings. The predicted octanol–water partition coefficient (Wildman–Crippen LogP) is 2.19. The van der Waals surface area contributed by atoms with Gasteiger partial charge < -0.3 is 18.9 Å². The molecule has 0 amide bonds. The molecule has 0 radical (unpaired) electrons. The van der Waals surface area contributed by atoms with Crippen LogP contribution >= 0.6 is 0 Å². The van der Waals surface area contributed by atoms with Crippen molar-refractivity contribution in [1.82, 2.24) is 0 Å². The normalized spacial score (nSPS) is 25.1. The van der Waals surface area contributed by atoms with Crippen LogP contribution in [0.2, 0.25) is 0 Å². The van der Waals surface area contributed by atoms with E-state index in [1.54, 1.807) is 0 Å². The number of hydrogen-bond donors (Lipinski definition) is 0. The Bertz CT molecular complexity index is 570. The van der Waals surface area contributed by atoms with E-state index >= 15 is 0 Å². The number of nitrogens with zero attached hydrogens (tertiary/aromatic N) is 1. The average Bonchev–Trinajstić information content (AvgIpc) is 3.16. The molecule has 0 N–H and O–H groups in total. The second kappa shape index (κ2) is 4.32. The van der Waals surface area contributed by atoms with Crippen LogP contribution in [-0.2, 0) is 9.47 Å². The SMILES string of the molecule is COCOc1cc2c(cc1[N+](=O)[O-])C1OC1C(C)(C)O2. The van der Waals surface area contributed by atoms with Crippen LogP contribution in [-0.4, -0.2) is 30.5 Å². The van der Waals surface area contributed by atoms with Gasteiger partial charge in [0.05, 0.1) is 4.92 Å². The van der Waals surface area contributed by atoms with E-state index in [1.165, 1.54) is 19.2 Å². The monoisotopic (exact) mass is 281 g/mol. The third-order valence-electron chi connectivity index (χ3n) is 3.48. The fourth-order valence-electron chi connectivity index (χ4n) is 2.48. The standard InChI is InChI=1S/C13H15NO6/c1-13(2)12-11(19-12)7-4-8(14(15)16)10(18-6-17-3)5-9(7)20-13/h4-5,11-12H,6H2,1-3H3. The second-order valence-corrected chi connectivity index (χ2v) is 5.35. The zero-order valence-corrected chi connectivity index (χ0v) is 11.4. The van der Waals surface area contributed by atoms with Crippen LogP contribution in [0, 0.1) is 10.1 Å². The van der Waals surface area contributed by atoms with Crippen molar-refractivity contribution in [2.75, 3.05) is 13.9 Å². The summed E-state index contributed by atoms with van der Waals surface area (Å²) in [5, 5.41) is 11.1. The van der Waals surface area contributed by atoms with E-state index in [0.29, 0.717) is 11.3 Å². The Kier molecular flexibility index (Phi) is 2.84. The van der Waals surface area contributed by atoms with E-state index in [1.807, 2.05) is 13.8 Å². The lowest BCUT2D eigenvalue weighted by atomic mass is 9.94. The van der Waals surface area contributed by atoms with Crippen LogP contribution in [0.3, 0.4) is 0 Å². The largest absolute Gasteiger partial charge is 0.484 e. The third-order valence-corrected chi connectivity index (χ3v) is 3.48. The van der Waals surface area contributed by atoms with Crippen molar-refractivity contribution in [2.24, 2.45) is 0 Å². The Morgan fingerprint density at radius 1 is 1.45 bits per heavy atom. The summed E-state index contributed by atoms with van der Waals surface area (Å²) in [6.45, 7) is 3.79. The summed E-state index contributed by atoms with van der Waals surface area (Å²) >= 11 is 0. The lowest BCUT2D eigenvalue weighted by Gasteiger charge is -2.29. The Morgan fingerprint density at radius 3 is 2.85 bits per heavy atom. The Hall–Kier alpha value is -1.86. The number of epoxide rings is 1. The van der Waals surface area contributed by atoms with Crippen molar-refractivity contribution >= 4 is 5.69 Å². The maximum absolute atomic E-state index is 11.1. The molecule has 7 nitrogen and oxygen atoms in total. The Morgan fingerprint density at radius 2 is 2.20 bits per heavy atom. The third kappa shape index (κ3) is 1.99. The molecule has 2 unspecified atom stereocenters. The zero-order chi connectivity index (χ0) is 14.5. The lowest BCUT2D eigenvalue weighted by Crippen LogP contribution is -2.37. The topological polar surface area (TPSA) is 83.4 Å². The molecule has 0 spiro atoms. The molecule has 0 saturated carbocycles. The first-order chi connectivity index (χ1) is 9.44. The minimum absolute atomic E-state index is 0.0552. The summed E-state index contributed by atoms with van der Waals surface area (Å²) in [5.74, 6) is 0.691. The van der Waals surface area contributed by atoms with Crippen molar-refractivity contribution < 1.29 is 23.9 Å². The molecule has 2 atom stereocenters. The molecule has 7 heteroatoms. The average molecular weight is 281 g/mol. The van der Waals surface area contributed by atoms with E-state index in [9.17, 15) is 10.1 Å². The molecular formula is C13H15NO6. The molecule has 1 aromatic carbocycles.